The van der Waals surface area contributed by atoms with Gasteiger partial charge in [0.05, 0.1) is 31.9 Å². The lowest BCUT2D eigenvalue weighted by molar-refractivity contribution is -0.116. The Hall–Kier alpha value is -2.74. The van der Waals surface area contributed by atoms with Crippen LogP contribution in [-0.4, -0.2) is 40.8 Å². The summed E-state index contributed by atoms with van der Waals surface area (Å²) in [5.41, 5.74) is 1.91. The zero-order valence-electron chi connectivity index (χ0n) is 16.7. The Kier molecular flexibility index (Phi) is 6.90. The number of carbonyl (C=O) groups is 1. The van der Waals surface area contributed by atoms with E-state index in [4.69, 9.17) is 9.47 Å². The molecule has 1 atom stereocenters. The molecule has 0 aliphatic heterocycles. The molecule has 8 heteroatoms. The van der Waals surface area contributed by atoms with Gasteiger partial charge in [-0.05, 0) is 43.2 Å². The van der Waals surface area contributed by atoms with Crippen molar-refractivity contribution in [1.82, 2.24) is 0 Å². The lowest BCUT2D eigenvalue weighted by Gasteiger charge is -2.28. The van der Waals surface area contributed by atoms with Gasteiger partial charge in [-0.1, -0.05) is 19.1 Å². The molecule has 0 aliphatic carbocycles. The van der Waals surface area contributed by atoms with Gasteiger partial charge in [0, 0.05) is 6.07 Å². The fraction of sp³-hybridized carbons (Fsp3) is 0.350. The molecule has 0 aliphatic rings. The minimum absolute atomic E-state index is 0.397. The second-order valence-corrected chi connectivity index (χ2v) is 8.17. The second kappa shape index (κ2) is 8.97. The maximum atomic E-state index is 12.9. The van der Waals surface area contributed by atoms with Crippen molar-refractivity contribution < 1.29 is 22.7 Å². The fourth-order valence-electron chi connectivity index (χ4n) is 2.84. The van der Waals surface area contributed by atoms with Gasteiger partial charge in [0.25, 0.3) is 0 Å². The Morgan fingerprint density at radius 1 is 1.11 bits per heavy atom. The van der Waals surface area contributed by atoms with E-state index < -0.39 is 22.0 Å². The molecule has 0 heterocycles. The van der Waals surface area contributed by atoms with Gasteiger partial charge in [-0.2, -0.15) is 0 Å². The Morgan fingerprint density at radius 3 is 2.25 bits per heavy atom. The van der Waals surface area contributed by atoms with Crippen LogP contribution >= 0.6 is 0 Å². The predicted octanol–water partition coefficient (Wildman–Crippen LogP) is 3.06. The number of methoxy groups -OCH3 is 2. The standard InChI is InChI=1S/C20H26N2O5S/c1-6-15-7-9-16(10-8-15)22(28(5,24)25)14(2)20(23)21-18-13-17(26-3)11-12-19(18)27-4/h7-14H,6H2,1-5H3,(H,21,23). The molecule has 1 N–H and O–H groups in total. The summed E-state index contributed by atoms with van der Waals surface area (Å²) in [5.74, 6) is 0.495. The molecule has 2 rings (SSSR count). The van der Waals surface area contributed by atoms with Crippen molar-refractivity contribution >= 4 is 27.3 Å². The maximum Gasteiger partial charge on any atom is 0.248 e. The van der Waals surface area contributed by atoms with Crippen LogP contribution in [0.25, 0.3) is 0 Å². The Balaban J connectivity index is 2.34. The summed E-state index contributed by atoms with van der Waals surface area (Å²) in [6.45, 7) is 3.55. The summed E-state index contributed by atoms with van der Waals surface area (Å²) in [6, 6.07) is 11.1. The number of benzene rings is 2. The van der Waals surface area contributed by atoms with Crippen molar-refractivity contribution in [3.8, 4) is 11.5 Å². The van der Waals surface area contributed by atoms with E-state index in [9.17, 15) is 13.2 Å². The third kappa shape index (κ3) is 4.95. The van der Waals surface area contributed by atoms with Gasteiger partial charge in [-0.3, -0.25) is 9.10 Å². The minimum atomic E-state index is -3.69. The number of anilines is 2. The van der Waals surface area contributed by atoms with Crippen molar-refractivity contribution in [2.24, 2.45) is 0 Å². The summed E-state index contributed by atoms with van der Waals surface area (Å²) in [6.07, 6.45) is 1.92. The highest BCUT2D eigenvalue weighted by atomic mass is 32.2. The number of rotatable bonds is 8. The monoisotopic (exact) mass is 406 g/mol. The first-order chi connectivity index (χ1) is 13.2. The molecular weight excluding hydrogens is 380 g/mol. The number of aryl methyl sites for hydroxylation is 1. The molecule has 152 valence electrons. The van der Waals surface area contributed by atoms with E-state index in [1.54, 1.807) is 30.3 Å². The first-order valence-electron chi connectivity index (χ1n) is 8.82. The van der Waals surface area contributed by atoms with E-state index in [1.165, 1.54) is 21.1 Å². The zero-order valence-corrected chi connectivity index (χ0v) is 17.5. The average Bonchev–Trinajstić information content (AvgIpc) is 2.67. The number of hydrogen-bond acceptors (Lipinski definition) is 5. The molecule has 0 bridgehead atoms. The van der Waals surface area contributed by atoms with Crippen LogP contribution in [-0.2, 0) is 21.2 Å². The number of nitrogens with one attached hydrogen (secondary N) is 1. The molecule has 2 aromatic rings. The van der Waals surface area contributed by atoms with Gasteiger partial charge in [0.15, 0.2) is 0 Å². The first kappa shape index (κ1) is 21.6. The van der Waals surface area contributed by atoms with Gasteiger partial charge in [0.2, 0.25) is 15.9 Å². The number of nitrogens with zero attached hydrogens (tertiary/aromatic N) is 1. The van der Waals surface area contributed by atoms with E-state index in [1.807, 2.05) is 19.1 Å². The molecule has 0 fully saturated rings. The van der Waals surface area contributed by atoms with Crippen LogP contribution in [0.5, 0.6) is 11.5 Å². The molecule has 28 heavy (non-hydrogen) atoms. The molecule has 0 spiro atoms. The molecule has 0 saturated carbocycles. The molecular formula is C20H26N2O5S. The summed E-state index contributed by atoms with van der Waals surface area (Å²) < 4.78 is 36.4. The van der Waals surface area contributed by atoms with Crippen LogP contribution < -0.4 is 19.1 Å². The third-order valence-corrected chi connectivity index (χ3v) is 5.59. The van der Waals surface area contributed by atoms with E-state index in [-0.39, 0.29) is 0 Å². The van der Waals surface area contributed by atoms with E-state index >= 15 is 0 Å². The highest BCUT2D eigenvalue weighted by molar-refractivity contribution is 7.92. The van der Waals surface area contributed by atoms with Crippen molar-refractivity contribution in [1.29, 1.82) is 0 Å². The Labute approximate surface area is 166 Å². The quantitative estimate of drug-likeness (QED) is 0.728. The Bertz CT molecular complexity index is 926. The van der Waals surface area contributed by atoms with Crippen molar-refractivity contribution in [2.45, 2.75) is 26.3 Å². The molecule has 0 saturated heterocycles. The van der Waals surface area contributed by atoms with Crippen molar-refractivity contribution in [2.75, 3.05) is 30.1 Å². The minimum Gasteiger partial charge on any atom is -0.497 e. The number of carbonyl (C=O) groups excluding carboxylic acids is 1. The van der Waals surface area contributed by atoms with Crippen LogP contribution in [0, 0.1) is 0 Å². The number of sulfonamides is 1. The van der Waals surface area contributed by atoms with E-state index in [0.717, 1.165) is 22.5 Å². The number of hydrogen-bond donors (Lipinski definition) is 1. The van der Waals surface area contributed by atoms with Gasteiger partial charge < -0.3 is 14.8 Å². The number of amides is 1. The maximum absolute atomic E-state index is 12.9. The van der Waals surface area contributed by atoms with Crippen LogP contribution in [0.4, 0.5) is 11.4 Å². The predicted molar refractivity (Wildman–Crippen MR) is 111 cm³/mol. The van der Waals surface area contributed by atoms with Gasteiger partial charge >= 0.3 is 0 Å². The summed E-state index contributed by atoms with van der Waals surface area (Å²) in [5, 5.41) is 2.73. The van der Waals surface area contributed by atoms with Crippen LogP contribution in [0.1, 0.15) is 19.4 Å². The van der Waals surface area contributed by atoms with Crippen LogP contribution in [0.15, 0.2) is 42.5 Å². The molecule has 2 aromatic carbocycles. The zero-order chi connectivity index (χ0) is 20.9. The molecule has 1 unspecified atom stereocenters. The average molecular weight is 407 g/mol. The molecule has 0 aromatic heterocycles. The summed E-state index contributed by atoms with van der Waals surface area (Å²) in [7, 11) is -0.686. The second-order valence-electron chi connectivity index (χ2n) is 6.31. The highest BCUT2D eigenvalue weighted by Gasteiger charge is 2.29. The van der Waals surface area contributed by atoms with Gasteiger partial charge in [-0.15, -0.1) is 0 Å². The normalized spacial score (nSPS) is 12.2. The Morgan fingerprint density at radius 2 is 1.75 bits per heavy atom. The van der Waals surface area contributed by atoms with Crippen LogP contribution in [0.3, 0.4) is 0 Å². The summed E-state index contributed by atoms with van der Waals surface area (Å²) >= 11 is 0. The fourth-order valence-corrected chi connectivity index (χ4v) is 4.01. The SMILES string of the molecule is CCc1ccc(N(C(C)C(=O)Nc2cc(OC)ccc2OC)S(C)(=O)=O)cc1. The smallest absolute Gasteiger partial charge is 0.248 e. The lowest BCUT2D eigenvalue weighted by Crippen LogP contribution is -2.45. The van der Waals surface area contributed by atoms with Crippen molar-refractivity contribution in [3.63, 3.8) is 0 Å². The van der Waals surface area contributed by atoms with E-state index in [0.29, 0.717) is 22.9 Å². The van der Waals surface area contributed by atoms with Gasteiger partial charge in [0.1, 0.15) is 17.5 Å². The first-order valence-corrected chi connectivity index (χ1v) is 10.7. The summed E-state index contributed by atoms with van der Waals surface area (Å²) in [4.78, 5) is 12.9. The van der Waals surface area contributed by atoms with E-state index in [2.05, 4.69) is 5.32 Å². The molecule has 1 amide bonds. The lowest BCUT2D eigenvalue weighted by atomic mass is 10.1. The molecule has 7 nitrogen and oxygen atoms in total. The molecule has 0 radical (unpaired) electrons. The largest absolute Gasteiger partial charge is 0.497 e. The highest BCUT2D eigenvalue weighted by Crippen LogP contribution is 2.30. The number of ether oxygens (including phenoxy) is 2. The third-order valence-electron chi connectivity index (χ3n) is 4.35. The van der Waals surface area contributed by atoms with Crippen LogP contribution in [0.2, 0.25) is 0 Å². The van der Waals surface area contributed by atoms with Crippen molar-refractivity contribution in [3.05, 3.63) is 48.0 Å². The topological polar surface area (TPSA) is 84.9 Å². The van der Waals surface area contributed by atoms with Gasteiger partial charge in [-0.25, -0.2) is 8.42 Å².